The first-order valence-electron chi connectivity index (χ1n) is 11.8. The van der Waals surface area contributed by atoms with E-state index in [0.29, 0.717) is 5.52 Å². The number of rotatable bonds is 4. The number of halogens is 1. The van der Waals surface area contributed by atoms with Crippen molar-refractivity contribution in [1.29, 1.82) is 0 Å². The second-order valence-electron chi connectivity index (χ2n) is 8.66. The van der Waals surface area contributed by atoms with Crippen LogP contribution in [0.25, 0.3) is 55.5 Å². The Labute approximate surface area is 218 Å². The Balaban J connectivity index is 1.81. The maximum Gasteiger partial charge on any atom is 0.142 e. The largest absolute Gasteiger partial charge is 0.506 e. The van der Waals surface area contributed by atoms with Gasteiger partial charge in [0, 0.05) is 26.5 Å². The van der Waals surface area contributed by atoms with E-state index in [1.165, 1.54) is 0 Å². The van der Waals surface area contributed by atoms with Gasteiger partial charge in [-0.1, -0.05) is 121 Å². The van der Waals surface area contributed by atoms with E-state index in [2.05, 4.69) is 64.5 Å². The zero-order valence-electron chi connectivity index (χ0n) is 19.4. The lowest BCUT2D eigenvalue weighted by Crippen LogP contribution is -1.97. The van der Waals surface area contributed by atoms with Gasteiger partial charge < -0.3 is 5.11 Å². The Bertz CT molecular complexity index is 1630. The molecule has 0 unspecified atom stereocenters. The summed E-state index contributed by atoms with van der Waals surface area (Å²) in [7, 11) is 0. The van der Waals surface area contributed by atoms with Gasteiger partial charge in [-0.3, -0.25) is 0 Å². The van der Waals surface area contributed by atoms with Gasteiger partial charge in [0.05, 0.1) is 5.69 Å². The van der Waals surface area contributed by atoms with Gasteiger partial charge in [-0.15, -0.1) is 0 Å². The summed E-state index contributed by atoms with van der Waals surface area (Å²) in [5.74, 6) is 0.154. The average molecular weight is 528 g/mol. The van der Waals surface area contributed by atoms with Gasteiger partial charge in [-0.2, -0.15) is 0 Å². The molecule has 1 aromatic heterocycles. The third-order valence-corrected chi connectivity index (χ3v) is 7.23. The van der Waals surface area contributed by atoms with Crippen molar-refractivity contribution in [2.24, 2.45) is 0 Å². The van der Waals surface area contributed by atoms with Gasteiger partial charge >= 0.3 is 0 Å². The van der Waals surface area contributed by atoms with E-state index < -0.39 is 0 Å². The van der Waals surface area contributed by atoms with Crippen LogP contribution < -0.4 is 0 Å². The predicted octanol–water partition coefficient (Wildman–Crippen LogP) is 9.37. The van der Waals surface area contributed by atoms with Crippen LogP contribution in [-0.4, -0.2) is 10.1 Å². The summed E-state index contributed by atoms with van der Waals surface area (Å²) >= 11 is 4.00. The molecule has 0 aliphatic heterocycles. The molecule has 0 amide bonds. The normalized spacial score (nSPS) is 11.0. The minimum Gasteiger partial charge on any atom is -0.506 e. The molecule has 0 spiro atoms. The molecule has 36 heavy (non-hydrogen) atoms. The fourth-order valence-corrected chi connectivity index (χ4v) is 5.61. The molecule has 1 heterocycles. The van der Waals surface area contributed by atoms with Crippen LogP contribution in [0.2, 0.25) is 0 Å². The zero-order chi connectivity index (χ0) is 24.5. The van der Waals surface area contributed by atoms with Crippen molar-refractivity contribution in [2.75, 3.05) is 0 Å². The summed E-state index contributed by atoms with van der Waals surface area (Å²) in [6, 6.07) is 42.8. The first-order chi connectivity index (χ1) is 17.7. The van der Waals surface area contributed by atoms with Gasteiger partial charge in [0.1, 0.15) is 11.3 Å². The quantitative estimate of drug-likeness (QED) is 0.247. The molecular weight excluding hydrogens is 506 g/mol. The van der Waals surface area contributed by atoms with Gasteiger partial charge in [0.2, 0.25) is 0 Å². The molecule has 0 saturated heterocycles. The van der Waals surface area contributed by atoms with E-state index in [-0.39, 0.29) is 5.75 Å². The van der Waals surface area contributed by atoms with Crippen LogP contribution in [-0.2, 0) is 0 Å². The van der Waals surface area contributed by atoms with Crippen LogP contribution in [0.4, 0.5) is 0 Å². The van der Waals surface area contributed by atoms with Crippen LogP contribution in [0.3, 0.4) is 0 Å². The summed E-state index contributed by atoms with van der Waals surface area (Å²) in [5, 5.41) is 12.2. The van der Waals surface area contributed by atoms with Crippen LogP contribution in [0.5, 0.6) is 5.75 Å². The highest BCUT2D eigenvalue weighted by Gasteiger charge is 2.23. The smallest absolute Gasteiger partial charge is 0.142 e. The summed E-state index contributed by atoms with van der Waals surface area (Å²) in [6.45, 7) is 0. The number of pyridine rings is 1. The number of nitrogens with zero attached hydrogens (tertiary/aromatic N) is 1. The maximum absolute atomic E-state index is 11.4. The molecule has 6 aromatic rings. The van der Waals surface area contributed by atoms with Gasteiger partial charge in [0.25, 0.3) is 0 Å². The number of phenolic OH excluding ortho intramolecular Hbond substituents is 1. The zero-order valence-corrected chi connectivity index (χ0v) is 21.0. The van der Waals surface area contributed by atoms with E-state index in [1.54, 1.807) is 0 Å². The summed E-state index contributed by atoms with van der Waals surface area (Å²) in [4.78, 5) is 5.12. The highest BCUT2D eigenvalue weighted by atomic mass is 79.9. The first-order valence-corrected chi connectivity index (χ1v) is 12.6. The minimum absolute atomic E-state index is 0.154. The van der Waals surface area contributed by atoms with E-state index in [1.807, 2.05) is 78.9 Å². The second-order valence-corrected chi connectivity index (χ2v) is 9.45. The summed E-state index contributed by atoms with van der Waals surface area (Å²) < 4.78 is 0.907. The highest BCUT2D eigenvalue weighted by Crippen LogP contribution is 2.49. The molecule has 3 heteroatoms. The molecule has 0 saturated carbocycles. The van der Waals surface area contributed by atoms with Gasteiger partial charge in [-0.25, -0.2) is 4.98 Å². The topological polar surface area (TPSA) is 33.1 Å². The minimum atomic E-state index is 0.154. The Morgan fingerprint density at radius 2 is 0.972 bits per heavy atom. The van der Waals surface area contributed by atoms with Crippen molar-refractivity contribution < 1.29 is 5.11 Å². The Hall–Kier alpha value is -4.21. The standard InChI is InChI=1S/C33H22BrNO/c34-31-29(24-17-9-3-10-18-24)32(25-19-11-4-12-20-25)35-33-27(36)21-26(22-13-5-1-6-14-22)28(30(31)33)23-15-7-2-8-16-23/h1-21,36H. The number of hydrogen-bond acceptors (Lipinski definition) is 2. The van der Waals surface area contributed by atoms with Gasteiger partial charge in [0.15, 0.2) is 0 Å². The molecule has 0 atom stereocenters. The van der Waals surface area contributed by atoms with Crippen LogP contribution in [0.15, 0.2) is 132 Å². The molecule has 0 fully saturated rings. The SMILES string of the molecule is Oc1cc(-c2ccccc2)c(-c2ccccc2)c2c(Br)c(-c3ccccc3)c(-c3ccccc3)nc12. The molecule has 2 nitrogen and oxygen atoms in total. The highest BCUT2D eigenvalue weighted by molar-refractivity contribution is 9.10. The first kappa shape index (κ1) is 22.3. The van der Waals surface area contributed by atoms with Crippen molar-refractivity contribution in [3.05, 3.63) is 132 Å². The lowest BCUT2D eigenvalue weighted by molar-refractivity contribution is 0.480. The van der Waals surface area contributed by atoms with Crippen molar-refractivity contribution in [3.8, 4) is 50.4 Å². The fourth-order valence-electron chi connectivity index (χ4n) is 4.81. The molecule has 0 bridgehead atoms. The number of aromatic hydroxyl groups is 1. The van der Waals surface area contributed by atoms with Crippen molar-refractivity contribution in [1.82, 2.24) is 4.98 Å². The molecule has 5 aromatic carbocycles. The molecule has 0 aliphatic rings. The second kappa shape index (κ2) is 9.44. The number of aromatic nitrogens is 1. The number of phenols is 1. The monoisotopic (exact) mass is 527 g/mol. The van der Waals surface area contributed by atoms with E-state index >= 15 is 0 Å². The Kier molecular flexibility index (Phi) is 5.84. The lowest BCUT2D eigenvalue weighted by Gasteiger charge is -2.20. The molecule has 0 radical (unpaired) electrons. The summed E-state index contributed by atoms with van der Waals surface area (Å²) in [6.07, 6.45) is 0. The average Bonchev–Trinajstić information content (AvgIpc) is 2.95. The van der Waals surface area contributed by atoms with E-state index in [4.69, 9.17) is 4.98 Å². The lowest BCUT2D eigenvalue weighted by atomic mass is 9.88. The van der Waals surface area contributed by atoms with E-state index in [9.17, 15) is 5.11 Å². The van der Waals surface area contributed by atoms with E-state index in [0.717, 1.165) is 54.5 Å². The predicted molar refractivity (Wildman–Crippen MR) is 153 cm³/mol. The fraction of sp³-hybridized carbons (Fsp3) is 0. The molecular formula is C33H22BrNO. The number of fused-ring (bicyclic) bond motifs is 1. The number of benzene rings is 5. The van der Waals surface area contributed by atoms with Crippen molar-refractivity contribution >= 4 is 26.8 Å². The van der Waals surface area contributed by atoms with Crippen LogP contribution >= 0.6 is 15.9 Å². The number of hydrogen-bond donors (Lipinski definition) is 1. The van der Waals surface area contributed by atoms with Crippen LogP contribution in [0, 0.1) is 0 Å². The third kappa shape index (κ3) is 3.88. The van der Waals surface area contributed by atoms with Crippen LogP contribution in [0.1, 0.15) is 0 Å². The van der Waals surface area contributed by atoms with Crippen molar-refractivity contribution in [3.63, 3.8) is 0 Å². The molecule has 0 aliphatic carbocycles. The molecule has 1 N–H and O–H groups in total. The Morgan fingerprint density at radius 3 is 1.50 bits per heavy atom. The van der Waals surface area contributed by atoms with Gasteiger partial charge in [-0.05, 0) is 44.3 Å². The summed E-state index contributed by atoms with van der Waals surface area (Å²) in [5.41, 5.74) is 8.53. The maximum atomic E-state index is 11.4. The van der Waals surface area contributed by atoms with Crippen molar-refractivity contribution in [2.45, 2.75) is 0 Å². The molecule has 6 rings (SSSR count). The molecule has 172 valence electrons. The third-order valence-electron chi connectivity index (χ3n) is 6.44. The Morgan fingerprint density at radius 1 is 0.528 bits per heavy atom.